The van der Waals surface area contributed by atoms with Gasteiger partial charge in [-0.3, -0.25) is 0 Å². The van der Waals surface area contributed by atoms with Gasteiger partial charge < -0.3 is 5.11 Å². The van der Waals surface area contributed by atoms with E-state index in [0.29, 0.717) is 11.1 Å². The molecule has 2 nitrogen and oxygen atoms in total. The molecule has 2 aromatic carbocycles. The SMILES string of the molecule is C=Cc1ccc(Cc2ccccc2)cc1C(=O)O. The molecular formula is C16H14O2. The second-order valence-corrected chi connectivity index (χ2v) is 4.09. The maximum Gasteiger partial charge on any atom is 0.336 e. The summed E-state index contributed by atoms with van der Waals surface area (Å²) in [6.45, 7) is 3.62. The van der Waals surface area contributed by atoms with Crippen LogP contribution in [-0.4, -0.2) is 11.1 Å². The topological polar surface area (TPSA) is 37.3 Å². The van der Waals surface area contributed by atoms with E-state index in [9.17, 15) is 4.79 Å². The van der Waals surface area contributed by atoms with Crippen LogP contribution in [0.25, 0.3) is 6.08 Å². The molecule has 0 radical (unpaired) electrons. The normalized spacial score (nSPS) is 10.0. The van der Waals surface area contributed by atoms with Crippen LogP contribution in [0.15, 0.2) is 55.1 Å². The van der Waals surface area contributed by atoms with E-state index in [0.717, 1.165) is 12.0 Å². The van der Waals surface area contributed by atoms with Crippen molar-refractivity contribution < 1.29 is 9.90 Å². The van der Waals surface area contributed by atoms with Gasteiger partial charge in [0.2, 0.25) is 0 Å². The van der Waals surface area contributed by atoms with Crippen LogP contribution >= 0.6 is 0 Å². The standard InChI is InChI=1S/C16H14O2/c1-2-14-9-8-13(11-15(14)16(17)18)10-12-6-4-3-5-7-12/h2-9,11H,1,10H2,(H,17,18). The molecule has 0 amide bonds. The number of carboxylic acid groups (broad SMARTS) is 1. The fourth-order valence-corrected chi connectivity index (χ4v) is 1.91. The third kappa shape index (κ3) is 2.66. The average Bonchev–Trinajstić information content (AvgIpc) is 2.40. The summed E-state index contributed by atoms with van der Waals surface area (Å²) >= 11 is 0. The zero-order valence-corrected chi connectivity index (χ0v) is 9.97. The van der Waals surface area contributed by atoms with Crippen LogP contribution in [-0.2, 0) is 6.42 Å². The lowest BCUT2D eigenvalue weighted by Gasteiger charge is -2.06. The quantitative estimate of drug-likeness (QED) is 0.883. The summed E-state index contributed by atoms with van der Waals surface area (Å²) in [5.74, 6) is -0.917. The highest BCUT2D eigenvalue weighted by Crippen LogP contribution is 2.16. The van der Waals surface area contributed by atoms with Crippen molar-refractivity contribution >= 4 is 12.0 Å². The van der Waals surface area contributed by atoms with Crippen LogP contribution in [0, 0.1) is 0 Å². The number of hydrogen-bond acceptors (Lipinski definition) is 1. The second kappa shape index (κ2) is 5.32. The molecule has 0 spiro atoms. The molecule has 0 unspecified atom stereocenters. The number of carbonyl (C=O) groups is 1. The Labute approximate surface area is 106 Å². The molecule has 0 fully saturated rings. The third-order valence-corrected chi connectivity index (χ3v) is 2.82. The Bertz CT molecular complexity index is 571. The van der Waals surface area contributed by atoms with E-state index in [2.05, 4.69) is 6.58 Å². The molecule has 0 bridgehead atoms. The third-order valence-electron chi connectivity index (χ3n) is 2.82. The summed E-state index contributed by atoms with van der Waals surface area (Å²) in [4.78, 5) is 11.1. The first-order chi connectivity index (χ1) is 8.70. The lowest BCUT2D eigenvalue weighted by Crippen LogP contribution is -2.01. The molecule has 18 heavy (non-hydrogen) atoms. The van der Waals surface area contributed by atoms with Gasteiger partial charge in [0.1, 0.15) is 0 Å². The average molecular weight is 238 g/mol. The summed E-state index contributed by atoms with van der Waals surface area (Å²) in [7, 11) is 0. The van der Waals surface area contributed by atoms with E-state index in [1.165, 1.54) is 5.56 Å². The number of aromatic carboxylic acids is 1. The summed E-state index contributed by atoms with van der Waals surface area (Å²) in [5, 5.41) is 9.14. The molecule has 0 atom stereocenters. The highest BCUT2D eigenvalue weighted by Gasteiger charge is 2.08. The minimum atomic E-state index is -0.917. The van der Waals surface area contributed by atoms with Gasteiger partial charge in [-0.05, 0) is 29.2 Å². The monoisotopic (exact) mass is 238 g/mol. The lowest BCUT2D eigenvalue weighted by molar-refractivity contribution is 0.0696. The van der Waals surface area contributed by atoms with Gasteiger partial charge in [-0.2, -0.15) is 0 Å². The van der Waals surface area contributed by atoms with Crippen molar-refractivity contribution in [2.45, 2.75) is 6.42 Å². The van der Waals surface area contributed by atoms with Crippen LogP contribution in [0.1, 0.15) is 27.0 Å². The highest BCUT2D eigenvalue weighted by atomic mass is 16.4. The molecular weight excluding hydrogens is 224 g/mol. The minimum Gasteiger partial charge on any atom is -0.478 e. The van der Waals surface area contributed by atoms with E-state index in [-0.39, 0.29) is 0 Å². The Kier molecular flexibility index (Phi) is 3.58. The molecule has 0 aliphatic rings. The Morgan fingerprint density at radius 1 is 1.11 bits per heavy atom. The predicted octanol–water partition coefficient (Wildman–Crippen LogP) is 3.62. The number of benzene rings is 2. The molecule has 90 valence electrons. The van der Waals surface area contributed by atoms with Gasteiger partial charge in [-0.1, -0.05) is 55.1 Å². The zero-order chi connectivity index (χ0) is 13.0. The molecule has 0 heterocycles. The first kappa shape index (κ1) is 12.1. The summed E-state index contributed by atoms with van der Waals surface area (Å²) < 4.78 is 0. The number of rotatable bonds is 4. The lowest BCUT2D eigenvalue weighted by atomic mass is 9.99. The van der Waals surface area contributed by atoms with Crippen LogP contribution in [0.5, 0.6) is 0 Å². The Morgan fingerprint density at radius 3 is 2.44 bits per heavy atom. The molecule has 0 aromatic heterocycles. The van der Waals surface area contributed by atoms with Crippen molar-refractivity contribution in [3.05, 3.63) is 77.4 Å². The number of hydrogen-bond donors (Lipinski definition) is 1. The van der Waals surface area contributed by atoms with Gasteiger partial charge in [-0.25, -0.2) is 4.79 Å². The van der Waals surface area contributed by atoms with Crippen LogP contribution < -0.4 is 0 Å². The minimum absolute atomic E-state index is 0.304. The van der Waals surface area contributed by atoms with Gasteiger partial charge in [0, 0.05) is 0 Å². The van der Waals surface area contributed by atoms with Crippen LogP contribution in [0.4, 0.5) is 0 Å². The van der Waals surface area contributed by atoms with Gasteiger partial charge in [-0.15, -0.1) is 0 Å². The van der Waals surface area contributed by atoms with E-state index >= 15 is 0 Å². The zero-order valence-electron chi connectivity index (χ0n) is 9.97. The molecule has 0 aliphatic heterocycles. The highest BCUT2D eigenvalue weighted by molar-refractivity contribution is 5.92. The second-order valence-electron chi connectivity index (χ2n) is 4.09. The van der Waals surface area contributed by atoms with Crippen molar-refractivity contribution in [3.8, 4) is 0 Å². The molecule has 0 saturated heterocycles. The fourth-order valence-electron chi connectivity index (χ4n) is 1.91. The maximum absolute atomic E-state index is 11.1. The summed E-state index contributed by atoms with van der Waals surface area (Å²) in [6, 6.07) is 15.4. The number of carboxylic acids is 1. The summed E-state index contributed by atoms with van der Waals surface area (Å²) in [5.41, 5.74) is 3.11. The Balaban J connectivity index is 2.33. The van der Waals surface area contributed by atoms with Gasteiger partial charge in [0.05, 0.1) is 5.56 Å². The summed E-state index contributed by atoms with van der Waals surface area (Å²) in [6.07, 6.45) is 2.30. The molecule has 0 aliphatic carbocycles. The molecule has 2 aromatic rings. The molecule has 0 saturated carbocycles. The molecule has 1 N–H and O–H groups in total. The van der Waals surface area contributed by atoms with Crippen molar-refractivity contribution in [2.24, 2.45) is 0 Å². The van der Waals surface area contributed by atoms with Crippen molar-refractivity contribution in [1.82, 2.24) is 0 Å². The maximum atomic E-state index is 11.1. The van der Waals surface area contributed by atoms with Gasteiger partial charge >= 0.3 is 5.97 Å². The van der Waals surface area contributed by atoms with E-state index in [1.807, 2.05) is 36.4 Å². The van der Waals surface area contributed by atoms with Crippen molar-refractivity contribution in [2.75, 3.05) is 0 Å². The fraction of sp³-hybridized carbons (Fsp3) is 0.0625. The Hall–Kier alpha value is -2.35. The predicted molar refractivity (Wildman–Crippen MR) is 72.7 cm³/mol. The molecule has 2 heteroatoms. The largest absolute Gasteiger partial charge is 0.478 e. The van der Waals surface area contributed by atoms with Crippen LogP contribution in [0.2, 0.25) is 0 Å². The smallest absolute Gasteiger partial charge is 0.336 e. The van der Waals surface area contributed by atoms with Crippen molar-refractivity contribution in [3.63, 3.8) is 0 Å². The first-order valence-corrected chi connectivity index (χ1v) is 5.73. The van der Waals surface area contributed by atoms with E-state index in [1.54, 1.807) is 18.2 Å². The van der Waals surface area contributed by atoms with Gasteiger partial charge in [0.15, 0.2) is 0 Å². The van der Waals surface area contributed by atoms with Crippen LogP contribution in [0.3, 0.4) is 0 Å². The van der Waals surface area contributed by atoms with E-state index in [4.69, 9.17) is 5.11 Å². The van der Waals surface area contributed by atoms with Crippen molar-refractivity contribution in [1.29, 1.82) is 0 Å². The van der Waals surface area contributed by atoms with E-state index < -0.39 is 5.97 Å². The Morgan fingerprint density at radius 2 is 1.83 bits per heavy atom. The first-order valence-electron chi connectivity index (χ1n) is 5.73. The van der Waals surface area contributed by atoms with Gasteiger partial charge in [0.25, 0.3) is 0 Å². The molecule has 2 rings (SSSR count).